The van der Waals surface area contributed by atoms with Gasteiger partial charge < -0.3 is 9.72 Å². The van der Waals surface area contributed by atoms with Crippen molar-refractivity contribution >= 4 is 22.6 Å². The minimum absolute atomic E-state index is 0.0977. The van der Waals surface area contributed by atoms with E-state index in [2.05, 4.69) is 40.7 Å². The van der Waals surface area contributed by atoms with Crippen LogP contribution in [0.5, 0.6) is 0 Å². The SMILES string of the molecule is CC[C@]1(C(C)C(=O)OC)CCC[N+]2=C1c1[nH]c3ccccc3c1CC2. The smallest absolute Gasteiger partial charge is 0.309 e. The van der Waals surface area contributed by atoms with E-state index < -0.39 is 0 Å². The van der Waals surface area contributed by atoms with Crippen LogP contribution in [0.3, 0.4) is 0 Å². The largest absolute Gasteiger partial charge is 0.469 e. The number of hydrogen-bond acceptors (Lipinski definition) is 2. The van der Waals surface area contributed by atoms with Crippen LogP contribution in [0.25, 0.3) is 10.9 Å². The molecule has 1 N–H and O–H groups in total. The molecule has 4 rings (SSSR count). The molecule has 0 fully saturated rings. The summed E-state index contributed by atoms with van der Waals surface area (Å²) in [5, 5.41) is 1.32. The number of rotatable bonds is 3. The third kappa shape index (κ3) is 2.26. The standard InChI is InChI=1S/C21H26N2O2/c1-4-21(14(2)20(24)25-3)11-7-12-23-13-10-16-15-8-5-6-9-17(15)22-18(16)19(21)23/h5-6,8-9,14H,4,7,10-13H2,1-3H3/p+1/t14?,21-/m1/s1. The summed E-state index contributed by atoms with van der Waals surface area (Å²) in [6.07, 6.45) is 4.19. The summed E-state index contributed by atoms with van der Waals surface area (Å²) in [4.78, 5) is 16.2. The Kier molecular flexibility index (Phi) is 3.94. The first-order valence-electron chi connectivity index (χ1n) is 9.42. The molecular weight excluding hydrogens is 312 g/mol. The Morgan fingerprint density at radius 3 is 2.92 bits per heavy atom. The van der Waals surface area contributed by atoms with Gasteiger partial charge in [0.15, 0.2) is 0 Å². The van der Waals surface area contributed by atoms with Crippen molar-refractivity contribution in [2.24, 2.45) is 11.3 Å². The fourth-order valence-corrected chi connectivity index (χ4v) is 5.14. The maximum atomic E-state index is 12.5. The lowest BCUT2D eigenvalue weighted by Gasteiger charge is -2.40. The molecule has 2 aromatic rings. The van der Waals surface area contributed by atoms with Crippen molar-refractivity contribution < 1.29 is 14.1 Å². The summed E-state index contributed by atoms with van der Waals surface area (Å²) in [6.45, 7) is 6.38. The number of hydrogen-bond donors (Lipinski definition) is 1. The quantitative estimate of drug-likeness (QED) is 0.687. The number of ether oxygens (including phenoxy) is 1. The molecule has 0 bridgehead atoms. The van der Waals surface area contributed by atoms with Crippen molar-refractivity contribution in [2.75, 3.05) is 20.2 Å². The molecule has 4 nitrogen and oxygen atoms in total. The molecule has 0 saturated carbocycles. The maximum Gasteiger partial charge on any atom is 0.309 e. The minimum Gasteiger partial charge on any atom is -0.469 e. The zero-order chi connectivity index (χ0) is 17.6. The first-order valence-corrected chi connectivity index (χ1v) is 9.42. The van der Waals surface area contributed by atoms with Crippen LogP contribution in [0, 0.1) is 11.3 Å². The van der Waals surface area contributed by atoms with Gasteiger partial charge in [0.1, 0.15) is 18.8 Å². The monoisotopic (exact) mass is 339 g/mol. The van der Waals surface area contributed by atoms with Crippen molar-refractivity contribution in [3.05, 3.63) is 35.5 Å². The van der Waals surface area contributed by atoms with E-state index in [0.29, 0.717) is 0 Å². The number of carbonyl (C=O) groups is 1. The van der Waals surface area contributed by atoms with Crippen LogP contribution < -0.4 is 0 Å². The Hall–Kier alpha value is -2.10. The average Bonchev–Trinajstić information content (AvgIpc) is 3.04. The number of carbonyl (C=O) groups excluding carboxylic acids is 1. The molecule has 4 heteroatoms. The van der Waals surface area contributed by atoms with E-state index in [0.717, 1.165) is 38.8 Å². The van der Waals surface area contributed by atoms with Crippen molar-refractivity contribution in [3.8, 4) is 0 Å². The van der Waals surface area contributed by atoms with Gasteiger partial charge in [-0.2, -0.15) is 0 Å². The molecule has 1 unspecified atom stereocenters. The van der Waals surface area contributed by atoms with E-state index in [-0.39, 0.29) is 17.3 Å². The molecule has 0 spiro atoms. The topological polar surface area (TPSA) is 45.1 Å². The van der Waals surface area contributed by atoms with E-state index >= 15 is 0 Å². The molecule has 1 aromatic heterocycles. The molecule has 0 amide bonds. The number of nitrogens with zero attached hydrogens (tertiary/aromatic N) is 1. The Labute approximate surface area is 148 Å². The van der Waals surface area contributed by atoms with Gasteiger partial charge in [0, 0.05) is 23.7 Å². The molecule has 0 radical (unpaired) electrons. The number of methoxy groups -OCH3 is 1. The van der Waals surface area contributed by atoms with Gasteiger partial charge in [-0.3, -0.25) is 4.79 Å². The van der Waals surface area contributed by atoms with Crippen LogP contribution in [0.1, 0.15) is 44.4 Å². The van der Waals surface area contributed by atoms with Crippen molar-refractivity contribution in [1.82, 2.24) is 4.98 Å². The maximum absolute atomic E-state index is 12.5. The lowest BCUT2D eigenvalue weighted by molar-refractivity contribution is -0.538. The number of benzene rings is 1. The molecule has 2 aliphatic rings. The molecule has 0 saturated heterocycles. The van der Waals surface area contributed by atoms with E-state index in [4.69, 9.17) is 4.74 Å². The Morgan fingerprint density at radius 2 is 2.16 bits per heavy atom. The molecule has 2 atom stereocenters. The van der Waals surface area contributed by atoms with Crippen LogP contribution in [0.15, 0.2) is 24.3 Å². The third-order valence-electron chi connectivity index (χ3n) is 6.54. The van der Waals surface area contributed by atoms with Crippen LogP contribution in [-0.2, 0) is 16.0 Å². The summed E-state index contributed by atoms with van der Waals surface area (Å²) < 4.78 is 7.66. The molecular formula is C21H27N2O2+. The average molecular weight is 339 g/mol. The molecule has 132 valence electrons. The highest BCUT2D eigenvalue weighted by Gasteiger charge is 2.53. The predicted octanol–water partition coefficient (Wildman–Crippen LogP) is 3.52. The van der Waals surface area contributed by atoms with E-state index in [1.54, 1.807) is 0 Å². The Bertz CT molecular complexity index is 864. The van der Waals surface area contributed by atoms with Crippen LogP contribution >= 0.6 is 0 Å². The van der Waals surface area contributed by atoms with Crippen molar-refractivity contribution in [2.45, 2.75) is 39.5 Å². The molecule has 1 aromatic carbocycles. The van der Waals surface area contributed by atoms with Gasteiger partial charge in [0.05, 0.1) is 18.4 Å². The van der Waals surface area contributed by atoms with Crippen LogP contribution in [0.2, 0.25) is 0 Å². The highest BCUT2D eigenvalue weighted by atomic mass is 16.5. The fourth-order valence-electron chi connectivity index (χ4n) is 5.14. The molecule has 3 heterocycles. The van der Waals surface area contributed by atoms with Gasteiger partial charge >= 0.3 is 5.97 Å². The van der Waals surface area contributed by atoms with Crippen LogP contribution in [-0.4, -0.2) is 41.4 Å². The summed E-state index contributed by atoms with van der Waals surface area (Å²) in [6, 6.07) is 8.55. The minimum atomic E-state index is -0.151. The second-order valence-electron chi connectivity index (χ2n) is 7.47. The molecule has 0 aliphatic carbocycles. The van der Waals surface area contributed by atoms with Gasteiger partial charge in [-0.05, 0) is 24.5 Å². The van der Waals surface area contributed by atoms with Crippen molar-refractivity contribution in [1.29, 1.82) is 0 Å². The zero-order valence-corrected chi connectivity index (χ0v) is 15.4. The number of aromatic nitrogens is 1. The number of nitrogens with one attached hydrogen (secondary N) is 1. The summed E-state index contributed by atoms with van der Waals surface area (Å²) in [7, 11) is 1.50. The number of esters is 1. The number of para-hydroxylation sites is 1. The van der Waals surface area contributed by atoms with Gasteiger partial charge in [-0.15, -0.1) is 0 Å². The second kappa shape index (κ2) is 6.01. The molecule has 2 aliphatic heterocycles. The lowest BCUT2D eigenvalue weighted by atomic mass is 9.64. The first kappa shape index (κ1) is 16.4. The Morgan fingerprint density at radius 1 is 1.36 bits per heavy atom. The summed E-state index contributed by atoms with van der Waals surface area (Å²) >= 11 is 0. The number of aromatic amines is 1. The van der Waals surface area contributed by atoms with E-state index in [1.807, 2.05) is 6.92 Å². The fraction of sp³-hybridized carbons (Fsp3) is 0.524. The van der Waals surface area contributed by atoms with Gasteiger partial charge in [0.25, 0.3) is 0 Å². The number of H-pyrrole nitrogens is 1. The summed E-state index contributed by atoms with van der Waals surface area (Å²) in [5.74, 6) is -0.239. The third-order valence-corrected chi connectivity index (χ3v) is 6.54. The van der Waals surface area contributed by atoms with Gasteiger partial charge in [-0.25, -0.2) is 4.58 Å². The normalized spacial score (nSPS) is 24.0. The van der Waals surface area contributed by atoms with Crippen LogP contribution in [0.4, 0.5) is 0 Å². The highest BCUT2D eigenvalue weighted by molar-refractivity contribution is 6.08. The predicted molar refractivity (Wildman–Crippen MR) is 99.2 cm³/mol. The Balaban J connectivity index is 1.94. The van der Waals surface area contributed by atoms with Crippen molar-refractivity contribution in [3.63, 3.8) is 0 Å². The van der Waals surface area contributed by atoms with E-state index in [9.17, 15) is 4.79 Å². The molecule has 25 heavy (non-hydrogen) atoms. The van der Waals surface area contributed by atoms with Gasteiger partial charge in [0.2, 0.25) is 5.71 Å². The van der Waals surface area contributed by atoms with E-state index in [1.165, 1.54) is 35.0 Å². The second-order valence-corrected chi connectivity index (χ2v) is 7.47. The highest BCUT2D eigenvalue weighted by Crippen LogP contribution is 2.45. The number of fused-ring (bicyclic) bond motifs is 4. The van der Waals surface area contributed by atoms with Gasteiger partial charge in [-0.1, -0.05) is 32.0 Å². The summed E-state index contributed by atoms with van der Waals surface area (Å²) in [5.41, 5.74) is 5.06. The first-order chi connectivity index (χ1) is 12.1. The lowest BCUT2D eigenvalue weighted by Crippen LogP contribution is -2.51. The zero-order valence-electron chi connectivity index (χ0n) is 15.4.